The van der Waals surface area contributed by atoms with Crippen LogP contribution in [0, 0.1) is 0 Å². The van der Waals surface area contributed by atoms with E-state index in [9.17, 15) is 4.79 Å². The number of esters is 1. The van der Waals surface area contributed by atoms with Gasteiger partial charge in [-0.25, -0.2) is 0 Å². The van der Waals surface area contributed by atoms with Gasteiger partial charge in [0, 0.05) is 18.3 Å². The highest BCUT2D eigenvalue weighted by atomic mass is 16.6. The highest BCUT2D eigenvalue weighted by molar-refractivity contribution is 5.74. The lowest BCUT2D eigenvalue weighted by atomic mass is 9.92. The SMILES string of the molecule is COc1cccc(C2(C)CC23CCC(=O)O3)c1. The third kappa shape index (κ3) is 1.38. The Balaban J connectivity index is 1.92. The summed E-state index contributed by atoms with van der Waals surface area (Å²) in [6, 6.07) is 8.05. The number of methoxy groups -OCH3 is 1. The smallest absolute Gasteiger partial charge is 0.306 e. The molecule has 2 unspecified atom stereocenters. The van der Waals surface area contributed by atoms with E-state index in [1.165, 1.54) is 5.56 Å². The molecule has 0 bridgehead atoms. The molecule has 1 aliphatic carbocycles. The minimum Gasteiger partial charge on any atom is -0.497 e. The van der Waals surface area contributed by atoms with Gasteiger partial charge in [-0.15, -0.1) is 0 Å². The number of carbonyl (C=O) groups is 1. The van der Waals surface area contributed by atoms with Crippen LogP contribution in [0.25, 0.3) is 0 Å². The van der Waals surface area contributed by atoms with E-state index in [-0.39, 0.29) is 17.0 Å². The van der Waals surface area contributed by atoms with Crippen molar-refractivity contribution in [1.29, 1.82) is 0 Å². The molecule has 0 radical (unpaired) electrons. The molecular formula is C14H16O3. The summed E-state index contributed by atoms with van der Waals surface area (Å²) in [4.78, 5) is 11.3. The second-order valence-corrected chi connectivity index (χ2v) is 5.21. The van der Waals surface area contributed by atoms with E-state index in [1.807, 2.05) is 18.2 Å². The first-order valence-electron chi connectivity index (χ1n) is 5.96. The fraction of sp³-hybridized carbons (Fsp3) is 0.500. The quantitative estimate of drug-likeness (QED) is 0.735. The Labute approximate surface area is 101 Å². The van der Waals surface area contributed by atoms with Crippen molar-refractivity contribution < 1.29 is 14.3 Å². The summed E-state index contributed by atoms with van der Waals surface area (Å²) in [5.74, 6) is 0.798. The normalized spacial score (nSPS) is 34.8. The van der Waals surface area contributed by atoms with Crippen LogP contribution in [0.3, 0.4) is 0 Å². The molecule has 1 saturated heterocycles. The molecular weight excluding hydrogens is 216 g/mol. The molecule has 3 heteroatoms. The summed E-state index contributed by atoms with van der Waals surface area (Å²) in [5, 5.41) is 0. The summed E-state index contributed by atoms with van der Waals surface area (Å²) in [6.07, 6.45) is 2.33. The number of ether oxygens (including phenoxy) is 2. The lowest BCUT2D eigenvalue weighted by molar-refractivity contribution is -0.143. The molecule has 1 aromatic carbocycles. The third-order valence-electron chi connectivity index (χ3n) is 4.27. The minimum absolute atomic E-state index is 0.0340. The monoisotopic (exact) mass is 232 g/mol. The predicted molar refractivity (Wildman–Crippen MR) is 63.0 cm³/mol. The Morgan fingerprint density at radius 3 is 2.88 bits per heavy atom. The van der Waals surface area contributed by atoms with Gasteiger partial charge in [-0.1, -0.05) is 19.1 Å². The van der Waals surface area contributed by atoms with Gasteiger partial charge in [0.05, 0.1) is 7.11 Å². The van der Waals surface area contributed by atoms with Gasteiger partial charge in [0.25, 0.3) is 0 Å². The van der Waals surface area contributed by atoms with Gasteiger partial charge < -0.3 is 9.47 Å². The number of carbonyl (C=O) groups excluding carboxylic acids is 1. The fourth-order valence-corrected chi connectivity index (χ4v) is 3.00. The van der Waals surface area contributed by atoms with E-state index < -0.39 is 0 Å². The van der Waals surface area contributed by atoms with Crippen molar-refractivity contribution in [1.82, 2.24) is 0 Å². The van der Waals surface area contributed by atoms with Crippen LogP contribution in [-0.2, 0) is 14.9 Å². The van der Waals surface area contributed by atoms with Crippen LogP contribution in [0.15, 0.2) is 24.3 Å². The number of rotatable bonds is 2. The molecule has 3 rings (SSSR count). The average molecular weight is 232 g/mol. The third-order valence-corrected chi connectivity index (χ3v) is 4.27. The Bertz CT molecular complexity index is 482. The van der Waals surface area contributed by atoms with E-state index >= 15 is 0 Å². The maximum absolute atomic E-state index is 11.3. The highest BCUT2D eigenvalue weighted by Gasteiger charge is 2.70. The molecule has 17 heavy (non-hydrogen) atoms. The maximum atomic E-state index is 11.3. The van der Waals surface area contributed by atoms with E-state index in [0.717, 1.165) is 18.6 Å². The van der Waals surface area contributed by atoms with Crippen molar-refractivity contribution in [3.05, 3.63) is 29.8 Å². The van der Waals surface area contributed by atoms with Gasteiger partial charge in [0.2, 0.25) is 0 Å². The van der Waals surface area contributed by atoms with Crippen LogP contribution in [0.5, 0.6) is 5.75 Å². The molecule has 0 aromatic heterocycles. The van der Waals surface area contributed by atoms with Crippen LogP contribution in [0.4, 0.5) is 0 Å². The van der Waals surface area contributed by atoms with Crippen molar-refractivity contribution in [2.45, 2.75) is 37.2 Å². The number of hydrogen-bond donors (Lipinski definition) is 0. The van der Waals surface area contributed by atoms with E-state index in [1.54, 1.807) is 7.11 Å². The topological polar surface area (TPSA) is 35.5 Å². The summed E-state index contributed by atoms with van der Waals surface area (Å²) in [7, 11) is 1.67. The maximum Gasteiger partial charge on any atom is 0.306 e. The molecule has 0 amide bonds. The Hall–Kier alpha value is -1.51. The first kappa shape index (κ1) is 10.6. The Morgan fingerprint density at radius 1 is 1.41 bits per heavy atom. The van der Waals surface area contributed by atoms with Crippen LogP contribution >= 0.6 is 0 Å². The fourth-order valence-electron chi connectivity index (χ4n) is 3.00. The lowest BCUT2D eigenvalue weighted by Gasteiger charge is -2.18. The van der Waals surface area contributed by atoms with Crippen molar-refractivity contribution >= 4 is 5.97 Å². The standard InChI is InChI=1S/C14H16O3/c1-13(9-14(13)7-6-12(15)17-14)10-4-3-5-11(8-10)16-2/h3-5,8H,6-7,9H2,1-2H3. The van der Waals surface area contributed by atoms with Crippen molar-refractivity contribution in [3.8, 4) is 5.75 Å². The molecule has 1 saturated carbocycles. The summed E-state index contributed by atoms with van der Waals surface area (Å²) < 4.78 is 10.8. The number of benzene rings is 1. The van der Waals surface area contributed by atoms with Gasteiger partial charge in [0.1, 0.15) is 11.4 Å². The minimum atomic E-state index is -0.240. The molecule has 2 fully saturated rings. The van der Waals surface area contributed by atoms with E-state index in [0.29, 0.717) is 6.42 Å². The largest absolute Gasteiger partial charge is 0.497 e. The van der Waals surface area contributed by atoms with Gasteiger partial charge in [-0.3, -0.25) is 4.79 Å². The molecule has 1 spiro atoms. The molecule has 3 nitrogen and oxygen atoms in total. The van der Waals surface area contributed by atoms with Gasteiger partial charge in [-0.05, 0) is 24.1 Å². The van der Waals surface area contributed by atoms with Crippen LogP contribution in [0.2, 0.25) is 0 Å². The Kier molecular flexibility index (Phi) is 2.03. The van der Waals surface area contributed by atoms with Crippen LogP contribution < -0.4 is 4.74 Å². The van der Waals surface area contributed by atoms with Crippen LogP contribution in [0.1, 0.15) is 31.7 Å². The molecule has 90 valence electrons. The van der Waals surface area contributed by atoms with Gasteiger partial charge >= 0.3 is 5.97 Å². The summed E-state index contributed by atoms with van der Waals surface area (Å²) in [5.41, 5.74) is 0.927. The van der Waals surface area contributed by atoms with Gasteiger partial charge in [0.15, 0.2) is 0 Å². The van der Waals surface area contributed by atoms with Crippen molar-refractivity contribution in [2.24, 2.45) is 0 Å². The molecule has 1 aromatic rings. The molecule has 1 heterocycles. The van der Waals surface area contributed by atoms with Crippen molar-refractivity contribution in [2.75, 3.05) is 7.11 Å². The second-order valence-electron chi connectivity index (χ2n) is 5.21. The highest BCUT2D eigenvalue weighted by Crippen LogP contribution is 2.64. The zero-order chi connectivity index (χ0) is 12.1. The zero-order valence-corrected chi connectivity index (χ0v) is 10.2. The second kappa shape index (κ2) is 3.25. The molecule has 1 aliphatic heterocycles. The van der Waals surface area contributed by atoms with Crippen LogP contribution in [-0.4, -0.2) is 18.7 Å². The first-order chi connectivity index (χ1) is 8.10. The van der Waals surface area contributed by atoms with Crippen molar-refractivity contribution in [3.63, 3.8) is 0 Å². The lowest BCUT2D eigenvalue weighted by Crippen LogP contribution is -2.21. The predicted octanol–water partition coefficient (Wildman–Crippen LogP) is 2.43. The van der Waals surface area contributed by atoms with E-state index in [2.05, 4.69) is 13.0 Å². The molecule has 0 N–H and O–H groups in total. The number of hydrogen-bond acceptors (Lipinski definition) is 3. The first-order valence-corrected chi connectivity index (χ1v) is 5.96. The molecule has 2 atom stereocenters. The van der Waals surface area contributed by atoms with Gasteiger partial charge in [-0.2, -0.15) is 0 Å². The van der Waals surface area contributed by atoms with E-state index in [4.69, 9.17) is 9.47 Å². The average Bonchev–Trinajstić information content (AvgIpc) is 2.73. The summed E-state index contributed by atoms with van der Waals surface area (Å²) in [6.45, 7) is 2.17. The Morgan fingerprint density at radius 2 is 2.24 bits per heavy atom. The molecule has 2 aliphatic rings. The zero-order valence-electron chi connectivity index (χ0n) is 10.2. The summed E-state index contributed by atoms with van der Waals surface area (Å²) >= 11 is 0.